The van der Waals surface area contributed by atoms with E-state index in [2.05, 4.69) is 56.9 Å². The molecule has 1 aliphatic carbocycles. The Morgan fingerprint density at radius 1 is 1.17 bits per heavy atom. The molecule has 1 fully saturated rings. The first-order valence-corrected chi connectivity index (χ1v) is 13.2. The molecule has 0 aliphatic heterocycles. The van der Waals surface area contributed by atoms with Crippen molar-refractivity contribution in [2.24, 2.45) is 0 Å². The summed E-state index contributed by atoms with van der Waals surface area (Å²) in [6.45, 7) is 7.37. The molecule has 4 aromatic rings. The molecule has 1 aromatic carbocycles. The number of pyridine rings is 1. The number of aromatic amines is 1. The SMILES string of the molecule is CCC[C@H](c1nnnn1C1CCCCC1)N(Cc1ccco1)Cc1cc2c(C)cc(C)cc2[nH]c1=O. The van der Waals surface area contributed by atoms with Crippen molar-refractivity contribution in [2.75, 3.05) is 0 Å². The third-order valence-electron chi connectivity index (χ3n) is 7.44. The van der Waals surface area contributed by atoms with Gasteiger partial charge in [-0.3, -0.25) is 9.69 Å². The fourth-order valence-electron chi connectivity index (χ4n) is 5.69. The van der Waals surface area contributed by atoms with Crippen molar-refractivity contribution in [1.29, 1.82) is 0 Å². The topological polar surface area (TPSA) is 92.8 Å². The molecule has 5 rings (SSSR count). The number of fused-ring (bicyclic) bond motifs is 1. The smallest absolute Gasteiger partial charge is 0.252 e. The summed E-state index contributed by atoms with van der Waals surface area (Å²) in [6.07, 6.45) is 9.48. The van der Waals surface area contributed by atoms with Gasteiger partial charge in [-0.25, -0.2) is 4.68 Å². The van der Waals surface area contributed by atoms with Crippen LogP contribution in [-0.2, 0) is 13.1 Å². The van der Waals surface area contributed by atoms with Crippen LogP contribution in [0, 0.1) is 13.8 Å². The number of H-pyrrole nitrogens is 1. The summed E-state index contributed by atoms with van der Waals surface area (Å²) in [5.41, 5.74) is 3.86. The lowest BCUT2D eigenvalue weighted by Gasteiger charge is -2.32. The molecule has 190 valence electrons. The molecule has 1 aliphatic rings. The van der Waals surface area contributed by atoms with Gasteiger partial charge in [0.1, 0.15) is 5.76 Å². The Bertz CT molecular complexity index is 1350. The Hall–Kier alpha value is -3.26. The van der Waals surface area contributed by atoms with Gasteiger partial charge in [-0.1, -0.05) is 38.7 Å². The van der Waals surface area contributed by atoms with E-state index < -0.39 is 0 Å². The lowest BCUT2D eigenvalue weighted by molar-refractivity contribution is 0.139. The van der Waals surface area contributed by atoms with E-state index in [1.807, 2.05) is 24.3 Å². The Balaban J connectivity index is 1.54. The molecule has 1 atom stereocenters. The lowest BCUT2D eigenvalue weighted by Crippen LogP contribution is -2.33. The first-order valence-electron chi connectivity index (χ1n) is 13.2. The van der Waals surface area contributed by atoms with Crippen molar-refractivity contribution in [1.82, 2.24) is 30.1 Å². The van der Waals surface area contributed by atoms with E-state index in [4.69, 9.17) is 4.42 Å². The van der Waals surface area contributed by atoms with E-state index >= 15 is 0 Å². The quantitative estimate of drug-likeness (QED) is 0.321. The molecule has 36 heavy (non-hydrogen) atoms. The van der Waals surface area contributed by atoms with Crippen molar-refractivity contribution in [3.8, 4) is 0 Å². The highest BCUT2D eigenvalue weighted by atomic mass is 16.3. The number of aryl methyl sites for hydroxylation is 2. The summed E-state index contributed by atoms with van der Waals surface area (Å²) >= 11 is 0. The van der Waals surface area contributed by atoms with Crippen LogP contribution in [0.1, 0.15) is 92.2 Å². The van der Waals surface area contributed by atoms with Gasteiger partial charge in [0.25, 0.3) is 5.56 Å². The Kier molecular flexibility index (Phi) is 7.32. The predicted octanol–water partition coefficient (Wildman–Crippen LogP) is 5.77. The third kappa shape index (κ3) is 5.14. The van der Waals surface area contributed by atoms with Crippen LogP contribution in [0.2, 0.25) is 0 Å². The fraction of sp³-hybridized carbons (Fsp3) is 0.500. The maximum Gasteiger partial charge on any atom is 0.252 e. The molecular formula is C28H36N6O2. The third-order valence-corrected chi connectivity index (χ3v) is 7.44. The summed E-state index contributed by atoms with van der Waals surface area (Å²) in [4.78, 5) is 18.6. The average molecular weight is 489 g/mol. The predicted molar refractivity (Wildman–Crippen MR) is 140 cm³/mol. The van der Waals surface area contributed by atoms with Crippen LogP contribution in [0.3, 0.4) is 0 Å². The number of aromatic nitrogens is 5. The van der Waals surface area contributed by atoms with E-state index in [-0.39, 0.29) is 11.6 Å². The normalized spacial score (nSPS) is 15.7. The van der Waals surface area contributed by atoms with Crippen LogP contribution in [0.4, 0.5) is 0 Å². The number of hydrogen-bond donors (Lipinski definition) is 1. The maximum atomic E-state index is 13.2. The Labute approximate surface area is 211 Å². The first kappa shape index (κ1) is 24.4. The summed E-state index contributed by atoms with van der Waals surface area (Å²) in [5.74, 6) is 1.75. The average Bonchev–Trinajstić information content (AvgIpc) is 3.56. The largest absolute Gasteiger partial charge is 0.468 e. The number of hydrogen-bond acceptors (Lipinski definition) is 6. The highest BCUT2D eigenvalue weighted by Crippen LogP contribution is 2.33. The summed E-state index contributed by atoms with van der Waals surface area (Å²) < 4.78 is 7.80. The zero-order chi connectivity index (χ0) is 25.1. The molecule has 1 saturated carbocycles. The molecule has 3 heterocycles. The molecule has 0 unspecified atom stereocenters. The zero-order valence-electron chi connectivity index (χ0n) is 21.5. The lowest BCUT2D eigenvalue weighted by atomic mass is 9.95. The number of tetrazole rings is 1. The van der Waals surface area contributed by atoms with Crippen molar-refractivity contribution in [3.05, 3.63) is 75.2 Å². The van der Waals surface area contributed by atoms with Crippen molar-refractivity contribution in [3.63, 3.8) is 0 Å². The molecule has 8 nitrogen and oxygen atoms in total. The van der Waals surface area contributed by atoms with Gasteiger partial charge in [-0.05, 0) is 78.9 Å². The maximum absolute atomic E-state index is 13.2. The van der Waals surface area contributed by atoms with Crippen molar-refractivity contribution >= 4 is 10.9 Å². The van der Waals surface area contributed by atoms with Crippen LogP contribution in [0.15, 0.2) is 45.8 Å². The second-order valence-electron chi connectivity index (χ2n) is 10.2. The van der Waals surface area contributed by atoms with E-state index in [0.29, 0.717) is 19.1 Å². The van der Waals surface area contributed by atoms with Crippen LogP contribution >= 0.6 is 0 Å². The molecule has 3 aromatic heterocycles. The van der Waals surface area contributed by atoms with E-state index in [1.54, 1.807) is 6.26 Å². The summed E-state index contributed by atoms with van der Waals surface area (Å²) in [7, 11) is 0. The summed E-state index contributed by atoms with van der Waals surface area (Å²) in [5, 5.41) is 14.2. The van der Waals surface area contributed by atoms with Gasteiger partial charge >= 0.3 is 0 Å². The second kappa shape index (κ2) is 10.8. The number of benzene rings is 1. The summed E-state index contributed by atoms with van der Waals surface area (Å²) in [6, 6.07) is 10.4. The van der Waals surface area contributed by atoms with Crippen molar-refractivity contribution < 1.29 is 4.42 Å². The molecule has 1 N–H and O–H groups in total. The zero-order valence-corrected chi connectivity index (χ0v) is 21.5. The van der Waals surface area contributed by atoms with Gasteiger partial charge < -0.3 is 9.40 Å². The van der Waals surface area contributed by atoms with E-state index in [9.17, 15) is 4.79 Å². The van der Waals surface area contributed by atoms with Gasteiger partial charge in [0.2, 0.25) is 0 Å². The highest BCUT2D eigenvalue weighted by Gasteiger charge is 2.30. The number of furan rings is 1. The second-order valence-corrected chi connectivity index (χ2v) is 10.2. The van der Waals surface area contributed by atoms with Gasteiger partial charge in [0.15, 0.2) is 5.82 Å². The van der Waals surface area contributed by atoms with Crippen molar-refractivity contribution in [2.45, 2.75) is 90.9 Å². The van der Waals surface area contributed by atoms with Gasteiger partial charge in [0.05, 0.1) is 24.9 Å². The number of nitrogens with one attached hydrogen (secondary N) is 1. The minimum Gasteiger partial charge on any atom is -0.468 e. The van der Waals surface area contributed by atoms with Gasteiger partial charge in [-0.2, -0.15) is 0 Å². The Morgan fingerprint density at radius 2 is 2.00 bits per heavy atom. The minimum absolute atomic E-state index is 0.0359. The molecule has 0 amide bonds. The number of nitrogens with zero attached hydrogens (tertiary/aromatic N) is 5. The molecular weight excluding hydrogens is 452 g/mol. The number of rotatable bonds is 9. The molecule has 0 radical (unpaired) electrons. The standard InChI is InChI=1S/C28H36N6O2/c1-4-9-26(27-30-31-32-34(27)22-10-6-5-7-11-22)33(18-23-12-8-13-36-23)17-21-16-24-20(3)14-19(2)15-25(24)29-28(21)35/h8,12-16,22,26H,4-7,9-11,17-18H2,1-3H3,(H,29,35)/t26-/m1/s1. The molecule has 0 bridgehead atoms. The highest BCUT2D eigenvalue weighted by molar-refractivity contribution is 5.83. The molecule has 0 spiro atoms. The minimum atomic E-state index is -0.0564. The van der Waals surface area contributed by atoms with E-state index in [1.165, 1.54) is 19.3 Å². The van der Waals surface area contributed by atoms with Gasteiger partial charge in [-0.15, -0.1) is 5.10 Å². The van der Waals surface area contributed by atoms with Crippen LogP contribution in [-0.4, -0.2) is 30.1 Å². The molecule has 0 saturated heterocycles. The molecule has 8 heteroatoms. The first-order chi connectivity index (χ1) is 17.5. The fourth-order valence-corrected chi connectivity index (χ4v) is 5.69. The van der Waals surface area contributed by atoms with Crippen LogP contribution in [0.25, 0.3) is 10.9 Å². The monoisotopic (exact) mass is 488 g/mol. The van der Waals surface area contributed by atoms with E-state index in [0.717, 1.165) is 64.9 Å². The Morgan fingerprint density at radius 3 is 2.75 bits per heavy atom. The van der Waals surface area contributed by atoms with Crippen LogP contribution < -0.4 is 5.56 Å². The van der Waals surface area contributed by atoms with Gasteiger partial charge in [0, 0.05) is 23.0 Å². The van der Waals surface area contributed by atoms with Crippen LogP contribution in [0.5, 0.6) is 0 Å².